The summed E-state index contributed by atoms with van der Waals surface area (Å²) in [4.78, 5) is 31.3. The zero-order valence-corrected chi connectivity index (χ0v) is 17.2. The van der Waals surface area contributed by atoms with Gasteiger partial charge in [-0.25, -0.2) is 15.0 Å². The quantitative estimate of drug-likeness (QED) is 0.606. The van der Waals surface area contributed by atoms with Crippen LogP contribution in [-0.4, -0.2) is 46.6 Å². The fourth-order valence-electron chi connectivity index (χ4n) is 2.96. The Kier molecular flexibility index (Phi) is 5.89. The molecule has 0 saturated carbocycles. The molecule has 0 aliphatic carbocycles. The molecule has 1 aromatic carbocycles. The number of aliphatic imine (C=N–C) groups is 1. The average molecular weight is 409 g/mol. The molecule has 2 aromatic heterocycles. The largest absolute Gasteiger partial charge is 0.360 e. The number of anilines is 1. The molecule has 0 unspecified atom stereocenters. The summed E-state index contributed by atoms with van der Waals surface area (Å²) in [5.74, 6) is 0.285. The molecular weight excluding hydrogens is 388 g/mol. The Morgan fingerprint density at radius 3 is 2.76 bits per heavy atom. The molecule has 1 atom stereocenters. The van der Waals surface area contributed by atoms with Crippen LogP contribution in [0.2, 0.25) is 5.02 Å². The van der Waals surface area contributed by atoms with E-state index in [2.05, 4.69) is 38.6 Å². The molecule has 0 radical (unpaired) electrons. The summed E-state index contributed by atoms with van der Waals surface area (Å²) in [5, 5.41) is 5.22. The van der Waals surface area contributed by atoms with E-state index in [1.807, 2.05) is 25.1 Å². The number of hydrogen-bond donors (Lipinski definition) is 1. The normalized spacial score (nSPS) is 11.7. The van der Waals surface area contributed by atoms with E-state index in [-0.39, 0.29) is 11.9 Å². The minimum atomic E-state index is -0.278. The SMILES string of the molecule is C=Cc1ncnc(N[C@@H](C)c2cc3cccc(Cl)c3c(C(=O)N(C)C)n2)c1N=C. The highest BCUT2D eigenvalue weighted by molar-refractivity contribution is 6.36. The van der Waals surface area contributed by atoms with Gasteiger partial charge in [0.1, 0.15) is 17.7 Å². The van der Waals surface area contributed by atoms with Crippen LogP contribution in [0.3, 0.4) is 0 Å². The fraction of sp³-hybridized carbons (Fsp3) is 0.190. The maximum Gasteiger partial charge on any atom is 0.272 e. The van der Waals surface area contributed by atoms with Gasteiger partial charge in [0.2, 0.25) is 0 Å². The summed E-state index contributed by atoms with van der Waals surface area (Å²) in [6.45, 7) is 9.25. The topological polar surface area (TPSA) is 83.4 Å². The Bertz CT molecular complexity index is 1110. The maximum absolute atomic E-state index is 12.8. The smallest absolute Gasteiger partial charge is 0.272 e. The first-order valence-electron chi connectivity index (χ1n) is 8.88. The van der Waals surface area contributed by atoms with Crippen molar-refractivity contribution in [1.29, 1.82) is 0 Å². The van der Waals surface area contributed by atoms with Crippen LogP contribution in [-0.2, 0) is 0 Å². The van der Waals surface area contributed by atoms with Crippen LogP contribution in [0.5, 0.6) is 0 Å². The molecule has 8 heteroatoms. The highest BCUT2D eigenvalue weighted by Gasteiger charge is 2.20. The van der Waals surface area contributed by atoms with Gasteiger partial charge in [-0.15, -0.1) is 0 Å². The molecular formula is C21H21ClN6O. The number of nitrogens with one attached hydrogen (secondary N) is 1. The second-order valence-electron chi connectivity index (χ2n) is 6.62. The second-order valence-corrected chi connectivity index (χ2v) is 7.02. The third-order valence-corrected chi connectivity index (χ3v) is 4.75. The third-order valence-electron chi connectivity index (χ3n) is 4.43. The summed E-state index contributed by atoms with van der Waals surface area (Å²) < 4.78 is 0. The molecule has 148 valence electrons. The van der Waals surface area contributed by atoms with Gasteiger partial charge in [-0.05, 0) is 37.2 Å². The van der Waals surface area contributed by atoms with Crippen molar-refractivity contribution >= 4 is 52.6 Å². The molecule has 1 amide bonds. The van der Waals surface area contributed by atoms with Crippen LogP contribution in [0, 0.1) is 0 Å². The highest BCUT2D eigenvalue weighted by Crippen LogP contribution is 2.32. The number of carbonyl (C=O) groups is 1. The summed E-state index contributed by atoms with van der Waals surface area (Å²) in [6, 6.07) is 7.13. The van der Waals surface area contributed by atoms with E-state index in [1.165, 1.54) is 11.2 Å². The number of amides is 1. The number of fused-ring (bicyclic) bond motifs is 1. The van der Waals surface area contributed by atoms with Gasteiger partial charge in [-0.1, -0.05) is 30.3 Å². The Labute approximate surface area is 174 Å². The van der Waals surface area contributed by atoms with E-state index >= 15 is 0 Å². The number of hydrogen-bond acceptors (Lipinski definition) is 6. The standard InChI is InChI=1S/C21H21ClN6O/c1-6-15-18(23-3)20(25-11-24-15)26-12(2)16-10-13-8-7-9-14(22)17(13)19(27-16)21(29)28(4)5/h6-12H,1,3H2,2,4-5H3,(H,24,25,26)/t12-/m0/s1. The van der Waals surface area contributed by atoms with E-state index in [0.717, 1.165) is 5.39 Å². The lowest BCUT2D eigenvalue weighted by molar-refractivity contribution is 0.0824. The molecule has 0 aliphatic rings. The maximum atomic E-state index is 12.8. The first kappa shape index (κ1) is 20.4. The molecule has 0 fully saturated rings. The molecule has 0 bridgehead atoms. The minimum absolute atomic E-state index is 0.221. The number of carbonyl (C=O) groups excluding carboxylic acids is 1. The van der Waals surface area contributed by atoms with Crippen molar-refractivity contribution < 1.29 is 4.79 Å². The Hall–Kier alpha value is -3.32. The van der Waals surface area contributed by atoms with E-state index in [1.54, 1.807) is 26.2 Å². The Morgan fingerprint density at radius 2 is 2.10 bits per heavy atom. The van der Waals surface area contributed by atoms with Crippen molar-refractivity contribution in [3.8, 4) is 0 Å². The van der Waals surface area contributed by atoms with E-state index < -0.39 is 0 Å². The number of benzene rings is 1. The molecule has 7 nitrogen and oxygen atoms in total. The third kappa shape index (κ3) is 3.95. The average Bonchev–Trinajstić information content (AvgIpc) is 2.72. The van der Waals surface area contributed by atoms with Crippen LogP contribution in [0.15, 0.2) is 42.2 Å². The van der Waals surface area contributed by atoms with Gasteiger partial charge in [0.15, 0.2) is 5.82 Å². The van der Waals surface area contributed by atoms with Crippen molar-refractivity contribution in [1.82, 2.24) is 19.9 Å². The van der Waals surface area contributed by atoms with Crippen LogP contribution in [0.25, 0.3) is 16.8 Å². The van der Waals surface area contributed by atoms with Gasteiger partial charge in [-0.3, -0.25) is 9.79 Å². The number of pyridine rings is 1. The van der Waals surface area contributed by atoms with Crippen LogP contribution < -0.4 is 5.32 Å². The summed E-state index contributed by atoms with van der Waals surface area (Å²) >= 11 is 6.37. The van der Waals surface area contributed by atoms with Gasteiger partial charge in [0, 0.05) is 19.5 Å². The Balaban J connectivity index is 2.10. The van der Waals surface area contributed by atoms with Gasteiger partial charge >= 0.3 is 0 Å². The minimum Gasteiger partial charge on any atom is -0.360 e. The predicted molar refractivity (Wildman–Crippen MR) is 118 cm³/mol. The van der Waals surface area contributed by atoms with Gasteiger partial charge in [0.05, 0.1) is 22.5 Å². The predicted octanol–water partition coefficient (Wildman–Crippen LogP) is 4.53. The molecule has 3 rings (SSSR count). The molecule has 29 heavy (non-hydrogen) atoms. The van der Waals surface area contributed by atoms with Crippen LogP contribution in [0.1, 0.15) is 34.8 Å². The number of aromatic nitrogens is 3. The van der Waals surface area contributed by atoms with Gasteiger partial charge < -0.3 is 10.2 Å². The van der Waals surface area contributed by atoms with Crippen molar-refractivity contribution in [2.24, 2.45) is 4.99 Å². The molecule has 1 N–H and O–H groups in total. The van der Waals surface area contributed by atoms with Crippen molar-refractivity contribution in [3.63, 3.8) is 0 Å². The molecule has 0 aliphatic heterocycles. The van der Waals surface area contributed by atoms with Gasteiger partial charge in [-0.2, -0.15) is 0 Å². The summed E-state index contributed by atoms with van der Waals surface area (Å²) in [6.07, 6.45) is 3.01. The zero-order valence-electron chi connectivity index (χ0n) is 16.5. The van der Waals surface area contributed by atoms with Crippen molar-refractivity contribution in [3.05, 3.63) is 59.3 Å². The van der Waals surface area contributed by atoms with Crippen LogP contribution >= 0.6 is 11.6 Å². The number of halogens is 1. The second kappa shape index (κ2) is 8.36. The van der Waals surface area contributed by atoms with E-state index in [9.17, 15) is 4.79 Å². The first-order valence-corrected chi connectivity index (χ1v) is 9.26. The lowest BCUT2D eigenvalue weighted by atomic mass is 10.0. The number of rotatable bonds is 6. The van der Waals surface area contributed by atoms with Gasteiger partial charge in [0.25, 0.3) is 5.91 Å². The molecule has 3 aromatic rings. The molecule has 0 spiro atoms. The molecule has 2 heterocycles. The number of nitrogens with zero attached hydrogens (tertiary/aromatic N) is 5. The summed E-state index contributed by atoms with van der Waals surface area (Å²) in [7, 11) is 3.36. The molecule has 0 saturated heterocycles. The lowest BCUT2D eigenvalue weighted by Gasteiger charge is -2.19. The first-order chi connectivity index (χ1) is 13.9. The Morgan fingerprint density at radius 1 is 1.34 bits per heavy atom. The summed E-state index contributed by atoms with van der Waals surface area (Å²) in [5.41, 5.74) is 2.05. The highest BCUT2D eigenvalue weighted by atomic mass is 35.5. The fourth-order valence-corrected chi connectivity index (χ4v) is 3.23. The zero-order chi connectivity index (χ0) is 21.1. The van der Waals surface area contributed by atoms with Crippen LogP contribution in [0.4, 0.5) is 11.5 Å². The van der Waals surface area contributed by atoms with E-state index in [4.69, 9.17) is 11.6 Å². The van der Waals surface area contributed by atoms with Crippen molar-refractivity contribution in [2.45, 2.75) is 13.0 Å². The van der Waals surface area contributed by atoms with Crippen molar-refractivity contribution in [2.75, 3.05) is 19.4 Å². The monoisotopic (exact) mass is 408 g/mol. The van der Waals surface area contributed by atoms with E-state index in [0.29, 0.717) is 39.0 Å². The lowest BCUT2D eigenvalue weighted by Crippen LogP contribution is -2.24.